The maximum Gasteiger partial charge on any atom is 0.202 e. The summed E-state index contributed by atoms with van der Waals surface area (Å²) in [6.07, 6.45) is 2.27. The Morgan fingerprint density at radius 1 is 1.36 bits per heavy atom. The van der Waals surface area contributed by atoms with E-state index in [9.17, 15) is 4.39 Å². The average molecular weight is 346 g/mol. The molecule has 2 heterocycles. The summed E-state index contributed by atoms with van der Waals surface area (Å²) in [5, 5.41) is 22.0. The van der Waals surface area contributed by atoms with E-state index in [1.165, 1.54) is 6.07 Å². The number of rotatable bonds is 5. The summed E-state index contributed by atoms with van der Waals surface area (Å²) in [5.41, 5.74) is 1.44. The second kappa shape index (κ2) is 7.60. The van der Waals surface area contributed by atoms with Crippen molar-refractivity contribution in [3.05, 3.63) is 35.3 Å². The minimum Gasteiger partial charge on any atom is -0.365 e. The highest BCUT2D eigenvalue weighted by Gasteiger charge is 2.20. The van der Waals surface area contributed by atoms with Gasteiger partial charge in [0.25, 0.3) is 0 Å². The van der Waals surface area contributed by atoms with Crippen LogP contribution in [0.3, 0.4) is 0 Å². The lowest BCUT2D eigenvalue weighted by molar-refractivity contribution is 0.226. The highest BCUT2D eigenvalue weighted by molar-refractivity contribution is 6.07. The molecule has 7 nitrogen and oxygen atoms in total. The minimum absolute atomic E-state index is 0.0538. The summed E-state index contributed by atoms with van der Waals surface area (Å²) in [5.74, 6) is 0.803. The van der Waals surface area contributed by atoms with E-state index in [4.69, 9.17) is 10.0 Å². The van der Waals surface area contributed by atoms with E-state index < -0.39 is 0 Å². The third kappa shape index (κ3) is 4.33. The fraction of sp³-hybridized carbons (Fsp3) is 0.471. The van der Waals surface area contributed by atoms with Crippen molar-refractivity contribution in [2.75, 3.05) is 37.3 Å². The fourth-order valence-electron chi connectivity index (χ4n) is 2.90. The molecule has 8 heteroatoms. The van der Waals surface area contributed by atoms with Crippen molar-refractivity contribution < 1.29 is 9.02 Å². The maximum atomic E-state index is 13.3. The molecule has 1 fully saturated rings. The summed E-state index contributed by atoms with van der Waals surface area (Å²) in [7, 11) is 2.13. The average Bonchev–Trinajstić information content (AvgIpc) is 3.06. The third-order valence-corrected chi connectivity index (χ3v) is 4.55. The van der Waals surface area contributed by atoms with E-state index in [0.717, 1.165) is 32.5 Å². The van der Waals surface area contributed by atoms with Gasteiger partial charge in [-0.05, 0) is 79.9 Å². The Bertz CT molecular complexity index is 738. The predicted octanol–water partition coefficient (Wildman–Crippen LogP) is 2.71. The van der Waals surface area contributed by atoms with Crippen molar-refractivity contribution in [2.24, 2.45) is 5.92 Å². The molecule has 0 aliphatic carbocycles. The summed E-state index contributed by atoms with van der Waals surface area (Å²) < 4.78 is 18.1. The van der Waals surface area contributed by atoms with Crippen LogP contribution in [0.1, 0.15) is 24.1 Å². The van der Waals surface area contributed by atoms with Gasteiger partial charge in [-0.15, -0.1) is 0 Å². The van der Waals surface area contributed by atoms with Crippen LogP contribution in [-0.4, -0.2) is 47.7 Å². The summed E-state index contributed by atoms with van der Waals surface area (Å²) in [6, 6.07) is 4.59. The molecular formula is C17H23FN6O. The van der Waals surface area contributed by atoms with Gasteiger partial charge in [-0.3, -0.25) is 5.41 Å². The molecule has 0 bridgehead atoms. The molecule has 0 unspecified atom stereocenters. The first kappa shape index (κ1) is 17.3. The molecule has 0 spiro atoms. The van der Waals surface area contributed by atoms with Crippen molar-refractivity contribution in [1.82, 2.24) is 15.2 Å². The molecule has 134 valence electrons. The standard InChI is InChI=1S/C17H23FN6O/c1-11-9-13(3-4-14(11)18)21-16(19)15-17(23-25-22-15)20-10-12-5-7-24(2)8-6-12/h3-4,9,12H,5-8,10H2,1-2H3,(H2,19,21)(H,20,23). The van der Waals surface area contributed by atoms with Gasteiger partial charge in [-0.1, -0.05) is 0 Å². The largest absolute Gasteiger partial charge is 0.365 e. The van der Waals surface area contributed by atoms with Crippen molar-refractivity contribution >= 4 is 17.3 Å². The molecule has 1 saturated heterocycles. The number of halogens is 1. The first-order chi connectivity index (χ1) is 12.0. The van der Waals surface area contributed by atoms with Crippen LogP contribution in [0.5, 0.6) is 0 Å². The number of nitrogens with zero attached hydrogens (tertiary/aromatic N) is 3. The lowest BCUT2D eigenvalue weighted by atomic mass is 9.97. The van der Waals surface area contributed by atoms with E-state index in [-0.39, 0.29) is 11.7 Å². The highest BCUT2D eigenvalue weighted by atomic mass is 19.1. The normalized spacial score (nSPS) is 16.0. The Hall–Kier alpha value is -2.48. The van der Waals surface area contributed by atoms with Crippen molar-refractivity contribution in [3.63, 3.8) is 0 Å². The molecular weight excluding hydrogens is 323 g/mol. The van der Waals surface area contributed by atoms with Crippen LogP contribution >= 0.6 is 0 Å². The van der Waals surface area contributed by atoms with Gasteiger partial charge in [0.2, 0.25) is 5.82 Å². The van der Waals surface area contributed by atoms with E-state index in [2.05, 4.69) is 32.9 Å². The maximum absolute atomic E-state index is 13.3. The summed E-state index contributed by atoms with van der Waals surface area (Å²) >= 11 is 0. The molecule has 1 aliphatic heterocycles. The lowest BCUT2D eigenvalue weighted by Gasteiger charge is -2.28. The van der Waals surface area contributed by atoms with Crippen LogP contribution < -0.4 is 10.6 Å². The second-order valence-corrected chi connectivity index (χ2v) is 6.55. The minimum atomic E-state index is -0.277. The van der Waals surface area contributed by atoms with Gasteiger partial charge in [0.15, 0.2) is 11.5 Å². The van der Waals surface area contributed by atoms with Gasteiger partial charge < -0.3 is 15.5 Å². The van der Waals surface area contributed by atoms with E-state index in [1.807, 2.05) is 0 Å². The Labute approximate surface area is 146 Å². The number of hydrogen-bond acceptors (Lipinski definition) is 6. The van der Waals surface area contributed by atoms with Crippen molar-refractivity contribution in [3.8, 4) is 0 Å². The van der Waals surface area contributed by atoms with Gasteiger partial charge in [-0.2, -0.15) is 0 Å². The zero-order valence-corrected chi connectivity index (χ0v) is 14.5. The topological polar surface area (TPSA) is 90.1 Å². The van der Waals surface area contributed by atoms with E-state index in [0.29, 0.717) is 28.7 Å². The van der Waals surface area contributed by atoms with E-state index in [1.54, 1.807) is 19.1 Å². The van der Waals surface area contributed by atoms with Crippen LogP contribution in [0.25, 0.3) is 0 Å². The molecule has 0 atom stereocenters. The Balaban J connectivity index is 1.60. The lowest BCUT2D eigenvalue weighted by Crippen LogP contribution is -2.33. The first-order valence-corrected chi connectivity index (χ1v) is 8.40. The highest BCUT2D eigenvalue weighted by Crippen LogP contribution is 2.19. The number of hydrogen-bond donors (Lipinski definition) is 3. The molecule has 1 aromatic carbocycles. The zero-order chi connectivity index (χ0) is 17.8. The molecule has 25 heavy (non-hydrogen) atoms. The molecule has 1 aliphatic rings. The molecule has 3 N–H and O–H groups in total. The number of likely N-dealkylation sites (tertiary alicyclic amines) is 1. The van der Waals surface area contributed by atoms with Crippen molar-refractivity contribution in [2.45, 2.75) is 19.8 Å². The van der Waals surface area contributed by atoms with Crippen molar-refractivity contribution in [1.29, 1.82) is 5.41 Å². The SMILES string of the molecule is Cc1cc(NC(=N)c2nonc2NCC2CCN(C)CC2)ccc1F. The number of benzene rings is 1. The molecule has 2 aromatic rings. The number of amidine groups is 1. The summed E-state index contributed by atoms with van der Waals surface area (Å²) in [6.45, 7) is 4.64. The number of nitrogens with one attached hydrogen (secondary N) is 3. The van der Waals surface area contributed by atoms with Gasteiger partial charge in [0.05, 0.1) is 0 Å². The van der Waals surface area contributed by atoms with Crippen LogP contribution in [0.4, 0.5) is 15.9 Å². The molecule has 1 aromatic heterocycles. The smallest absolute Gasteiger partial charge is 0.202 e. The van der Waals surface area contributed by atoms with Crippen LogP contribution in [0.2, 0.25) is 0 Å². The second-order valence-electron chi connectivity index (χ2n) is 6.55. The monoisotopic (exact) mass is 346 g/mol. The summed E-state index contributed by atoms with van der Waals surface area (Å²) in [4.78, 5) is 2.32. The number of aromatic nitrogens is 2. The number of piperidine rings is 1. The van der Waals surface area contributed by atoms with Crippen LogP contribution in [-0.2, 0) is 0 Å². The Morgan fingerprint density at radius 2 is 2.12 bits per heavy atom. The van der Waals surface area contributed by atoms with Gasteiger partial charge in [-0.25, -0.2) is 9.02 Å². The molecule has 0 amide bonds. The first-order valence-electron chi connectivity index (χ1n) is 8.40. The fourth-order valence-corrected chi connectivity index (χ4v) is 2.90. The van der Waals surface area contributed by atoms with E-state index >= 15 is 0 Å². The molecule has 0 radical (unpaired) electrons. The number of aryl methyl sites for hydroxylation is 1. The third-order valence-electron chi connectivity index (χ3n) is 4.55. The number of anilines is 2. The van der Waals surface area contributed by atoms with Crippen LogP contribution in [0.15, 0.2) is 22.8 Å². The molecule has 0 saturated carbocycles. The zero-order valence-electron chi connectivity index (χ0n) is 14.5. The molecule has 3 rings (SSSR count). The Kier molecular flexibility index (Phi) is 5.28. The predicted molar refractivity (Wildman–Crippen MR) is 94.6 cm³/mol. The van der Waals surface area contributed by atoms with Gasteiger partial charge in [0, 0.05) is 12.2 Å². The quantitative estimate of drug-likeness (QED) is 0.570. The van der Waals surface area contributed by atoms with Gasteiger partial charge in [0.1, 0.15) is 5.82 Å². The van der Waals surface area contributed by atoms with Crippen LogP contribution in [0, 0.1) is 24.1 Å². The Morgan fingerprint density at radius 3 is 2.84 bits per heavy atom. The van der Waals surface area contributed by atoms with Gasteiger partial charge >= 0.3 is 0 Å².